The Morgan fingerprint density at radius 3 is 2.95 bits per heavy atom. The van der Waals surface area contributed by atoms with E-state index in [9.17, 15) is 9.18 Å². The maximum absolute atomic E-state index is 13.4. The average Bonchev–Trinajstić information content (AvgIpc) is 2.43. The van der Waals surface area contributed by atoms with E-state index in [4.69, 9.17) is 9.47 Å². The maximum Gasteiger partial charge on any atom is 0.238 e. The number of nitrogens with zero attached hydrogens (tertiary/aromatic N) is 1. The Balaban J connectivity index is 1.78. The number of carbonyl (C=O) groups is 1. The lowest BCUT2D eigenvalue weighted by molar-refractivity contribution is -0.119. The van der Waals surface area contributed by atoms with E-state index >= 15 is 0 Å². The third-order valence-electron chi connectivity index (χ3n) is 3.27. The molecule has 1 heterocycles. The minimum atomic E-state index is -0.325. The van der Waals surface area contributed by atoms with E-state index in [-0.39, 0.29) is 24.4 Å². The molecule has 1 aliphatic rings. The molecule has 0 aromatic heterocycles. The van der Waals surface area contributed by atoms with Crippen LogP contribution < -0.4 is 5.32 Å². The molecule has 0 spiro atoms. The van der Waals surface area contributed by atoms with Crippen molar-refractivity contribution in [1.82, 2.24) is 4.90 Å². The average molecular weight is 296 g/mol. The van der Waals surface area contributed by atoms with E-state index in [0.717, 1.165) is 0 Å². The van der Waals surface area contributed by atoms with Crippen molar-refractivity contribution in [2.24, 2.45) is 0 Å². The van der Waals surface area contributed by atoms with Crippen molar-refractivity contribution in [3.8, 4) is 0 Å². The molecule has 0 saturated carbocycles. The van der Waals surface area contributed by atoms with Gasteiger partial charge in [0.25, 0.3) is 0 Å². The first-order chi connectivity index (χ1) is 10.0. The summed E-state index contributed by atoms with van der Waals surface area (Å²) >= 11 is 0. The number of ether oxygens (including phenoxy) is 2. The number of nitrogens with one attached hydrogen (secondary N) is 1. The summed E-state index contributed by atoms with van der Waals surface area (Å²) in [5.41, 5.74) is 1.02. The van der Waals surface area contributed by atoms with Crippen molar-refractivity contribution in [1.29, 1.82) is 0 Å². The molecule has 1 atom stereocenters. The van der Waals surface area contributed by atoms with E-state index in [2.05, 4.69) is 5.32 Å². The molecule has 1 saturated heterocycles. The minimum Gasteiger partial charge on any atom is -0.376 e. The normalized spacial score (nSPS) is 18.8. The molecule has 1 aromatic rings. The van der Waals surface area contributed by atoms with Crippen LogP contribution in [0.25, 0.3) is 0 Å². The second kappa shape index (κ2) is 7.49. The van der Waals surface area contributed by atoms with Crippen molar-refractivity contribution >= 4 is 11.6 Å². The van der Waals surface area contributed by atoms with Crippen molar-refractivity contribution in [3.63, 3.8) is 0 Å². The number of benzene rings is 1. The molecular weight excluding hydrogens is 275 g/mol. The van der Waals surface area contributed by atoms with Gasteiger partial charge >= 0.3 is 0 Å². The van der Waals surface area contributed by atoms with Gasteiger partial charge in [0.15, 0.2) is 0 Å². The molecule has 1 aliphatic heterocycles. The third-order valence-corrected chi connectivity index (χ3v) is 3.27. The van der Waals surface area contributed by atoms with Gasteiger partial charge in [0, 0.05) is 12.2 Å². The zero-order valence-electron chi connectivity index (χ0n) is 12.4. The summed E-state index contributed by atoms with van der Waals surface area (Å²) in [6.45, 7) is 4.29. The fourth-order valence-corrected chi connectivity index (χ4v) is 2.17. The first-order valence-corrected chi connectivity index (χ1v) is 6.98. The van der Waals surface area contributed by atoms with Gasteiger partial charge < -0.3 is 14.8 Å². The van der Waals surface area contributed by atoms with Gasteiger partial charge in [-0.05, 0) is 31.7 Å². The monoisotopic (exact) mass is 296 g/mol. The first kappa shape index (κ1) is 15.9. The molecule has 0 radical (unpaired) electrons. The fraction of sp³-hybridized carbons (Fsp3) is 0.533. The number of halogens is 1. The molecule has 1 N–H and O–H groups in total. The smallest absolute Gasteiger partial charge is 0.238 e. The molecule has 1 fully saturated rings. The van der Waals surface area contributed by atoms with Crippen LogP contribution in [0.2, 0.25) is 0 Å². The van der Waals surface area contributed by atoms with Gasteiger partial charge in [-0.25, -0.2) is 4.39 Å². The number of likely N-dealkylation sites (N-methyl/N-ethyl adjacent to an activating group) is 1. The summed E-state index contributed by atoms with van der Waals surface area (Å²) in [5.74, 6) is -0.508. The lowest BCUT2D eigenvalue weighted by atomic mass is 10.2. The highest BCUT2D eigenvalue weighted by Crippen LogP contribution is 2.13. The Morgan fingerprint density at radius 1 is 1.48 bits per heavy atom. The Morgan fingerprint density at radius 2 is 2.29 bits per heavy atom. The van der Waals surface area contributed by atoms with Crippen LogP contribution in [-0.4, -0.2) is 56.9 Å². The van der Waals surface area contributed by atoms with Crippen LogP contribution in [0.4, 0.5) is 10.1 Å². The van der Waals surface area contributed by atoms with E-state index in [1.54, 1.807) is 19.1 Å². The van der Waals surface area contributed by atoms with Crippen LogP contribution in [-0.2, 0) is 14.3 Å². The molecule has 1 unspecified atom stereocenters. The summed E-state index contributed by atoms with van der Waals surface area (Å²) in [5, 5.41) is 2.69. The van der Waals surface area contributed by atoms with Crippen molar-refractivity contribution < 1.29 is 18.7 Å². The Kier molecular flexibility index (Phi) is 5.67. The van der Waals surface area contributed by atoms with Crippen LogP contribution in [0, 0.1) is 12.7 Å². The van der Waals surface area contributed by atoms with E-state index in [0.29, 0.717) is 37.6 Å². The van der Waals surface area contributed by atoms with Crippen molar-refractivity contribution in [3.05, 3.63) is 29.6 Å². The molecule has 116 valence electrons. The second-order valence-corrected chi connectivity index (χ2v) is 5.28. The van der Waals surface area contributed by atoms with Gasteiger partial charge in [0.2, 0.25) is 5.91 Å². The number of rotatable bonds is 5. The molecule has 2 rings (SSSR count). The van der Waals surface area contributed by atoms with Crippen molar-refractivity contribution in [2.75, 3.05) is 45.3 Å². The highest BCUT2D eigenvalue weighted by Gasteiger charge is 2.17. The van der Waals surface area contributed by atoms with E-state index < -0.39 is 0 Å². The molecular formula is C15H21FN2O3. The number of carbonyl (C=O) groups excluding carboxylic acids is 1. The lowest BCUT2D eigenvalue weighted by Crippen LogP contribution is -2.41. The van der Waals surface area contributed by atoms with Gasteiger partial charge in [0.05, 0.1) is 32.5 Å². The second-order valence-electron chi connectivity index (χ2n) is 5.28. The molecule has 6 heteroatoms. The van der Waals surface area contributed by atoms with E-state index in [1.165, 1.54) is 6.07 Å². The van der Waals surface area contributed by atoms with Gasteiger partial charge in [-0.2, -0.15) is 0 Å². The molecule has 1 aromatic carbocycles. The first-order valence-electron chi connectivity index (χ1n) is 6.98. The van der Waals surface area contributed by atoms with Crippen LogP contribution in [0.5, 0.6) is 0 Å². The minimum absolute atomic E-state index is 0.00614. The quantitative estimate of drug-likeness (QED) is 0.893. The number of hydrogen-bond acceptors (Lipinski definition) is 4. The zero-order valence-corrected chi connectivity index (χ0v) is 12.4. The summed E-state index contributed by atoms with van der Waals surface area (Å²) < 4.78 is 24.3. The lowest BCUT2D eigenvalue weighted by Gasteiger charge is -2.27. The van der Waals surface area contributed by atoms with Crippen molar-refractivity contribution in [2.45, 2.75) is 13.0 Å². The molecule has 1 amide bonds. The van der Waals surface area contributed by atoms with Gasteiger partial charge in [-0.1, -0.05) is 6.07 Å². The number of amides is 1. The summed E-state index contributed by atoms with van der Waals surface area (Å²) in [6, 6.07) is 4.65. The molecule has 5 nitrogen and oxygen atoms in total. The molecule has 0 aliphatic carbocycles. The largest absolute Gasteiger partial charge is 0.376 e. The predicted molar refractivity (Wildman–Crippen MR) is 77.8 cm³/mol. The molecule has 0 bridgehead atoms. The summed E-state index contributed by atoms with van der Waals surface area (Å²) in [6.07, 6.45) is -0.00614. The molecule has 21 heavy (non-hydrogen) atoms. The summed E-state index contributed by atoms with van der Waals surface area (Å²) in [7, 11) is 1.84. The van der Waals surface area contributed by atoms with Gasteiger partial charge in [0.1, 0.15) is 5.82 Å². The number of aryl methyl sites for hydroxylation is 1. The highest BCUT2D eigenvalue weighted by atomic mass is 19.1. The Bertz CT molecular complexity index is 490. The van der Waals surface area contributed by atoms with Crippen LogP contribution in [0.3, 0.4) is 0 Å². The number of hydrogen-bond donors (Lipinski definition) is 1. The summed E-state index contributed by atoms with van der Waals surface area (Å²) in [4.78, 5) is 13.8. The zero-order chi connectivity index (χ0) is 15.2. The fourth-order valence-electron chi connectivity index (χ4n) is 2.17. The number of anilines is 1. The maximum atomic E-state index is 13.4. The van der Waals surface area contributed by atoms with Gasteiger partial charge in [-0.15, -0.1) is 0 Å². The standard InChI is InChI=1S/C15H21FN2O3/c1-11-3-4-12(7-14(11)16)17-15(19)9-18(2)8-13-10-20-5-6-21-13/h3-4,7,13H,5-6,8-10H2,1-2H3,(H,17,19). The van der Waals surface area contributed by atoms with Gasteiger partial charge in [-0.3, -0.25) is 9.69 Å². The third kappa shape index (κ3) is 5.08. The van der Waals surface area contributed by atoms with E-state index in [1.807, 2.05) is 11.9 Å². The highest BCUT2D eigenvalue weighted by molar-refractivity contribution is 5.92. The predicted octanol–water partition coefficient (Wildman–Crippen LogP) is 1.42. The van der Waals surface area contributed by atoms with Crippen LogP contribution in [0.15, 0.2) is 18.2 Å². The van der Waals surface area contributed by atoms with Crippen LogP contribution in [0.1, 0.15) is 5.56 Å². The Labute approximate surface area is 124 Å². The SMILES string of the molecule is Cc1ccc(NC(=O)CN(C)CC2COCCO2)cc1F. The Hall–Kier alpha value is -1.50. The topological polar surface area (TPSA) is 50.8 Å². The van der Waals surface area contributed by atoms with Crippen LogP contribution >= 0.6 is 0 Å².